The number of rotatable bonds is 5. The minimum atomic E-state index is 0.345. The average molecular weight is 241 g/mol. The third kappa shape index (κ3) is 4.03. The van der Waals surface area contributed by atoms with E-state index in [-0.39, 0.29) is 0 Å². The summed E-state index contributed by atoms with van der Waals surface area (Å²) in [4.78, 5) is 0. The summed E-state index contributed by atoms with van der Waals surface area (Å²) in [5.41, 5.74) is 7.81. The van der Waals surface area contributed by atoms with Crippen LogP contribution >= 0.6 is 11.6 Å². The van der Waals surface area contributed by atoms with Crippen LogP contribution in [0.4, 0.5) is 5.69 Å². The first kappa shape index (κ1) is 13.3. The Hall–Kier alpha value is -0.730. The van der Waals surface area contributed by atoms with Crippen molar-refractivity contribution in [2.24, 2.45) is 5.41 Å². The van der Waals surface area contributed by atoms with Gasteiger partial charge in [0, 0.05) is 13.1 Å². The van der Waals surface area contributed by atoms with Gasteiger partial charge in [0.15, 0.2) is 0 Å². The van der Waals surface area contributed by atoms with Crippen LogP contribution in [0.1, 0.15) is 32.8 Å². The Bertz CT molecular complexity index is 348. The van der Waals surface area contributed by atoms with Gasteiger partial charge in [-0.25, -0.2) is 0 Å². The number of nitrogens with one attached hydrogen (secondary N) is 1. The largest absolute Gasteiger partial charge is 0.398 e. The van der Waals surface area contributed by atoms with Crippen molar-refractivity contribution in [2.75, 3.05) is 12.3 Å². The van der Waals surface area contributed by atoms with Gasteiger partial charge < -0.3 is 11.1 Å². The van der Waals surface area contributed by atoms with Gasteiger partial charge in [-0.15, -0.1) is 0 Å². The molecule has 0 heterocycles. The number of hydrogen-bond donors (Lipinski definition) is 2. The molecule has 16 heavy (non-hydrogen) atoms. The highest BCUT2D eigenvalue weighted by molar-refractivity contribution is 6.33. The van der Waals surface area contributed by atoms with Crippen LogP contribution in [0.5, 0.6) is 0 Å². The molecule has 0 saturated heterocycles. The maximum atomic E-state index is 5.96. The predicted molar refractivity (Wildman–Crippen MR) is 71.6 cm³/mol. The molecule has 0 unspecified atom stereocenters. The monoisotopic (exact) mass is 240 g/mol. The third-order valence-corrected chi connectivity index (χ3v) is 3.28. The van der Waals surface area contributed by atoms with E-state index in [9.17, 15) is 0 Å². The lowest BCUT2D eigenvalue weighted by Crippen LogP contribution is -2.28. The van der Waals surface area contributed by atoms with E-state index in [1.807, 2.05) is 18.2 Å². The van der Waals surface area contributed by atoms with E-state index >= 15 is 0 Å². The van der Waals surface area contributed by atoms with Crippen LogP contribution in [0.15, 0.2) is 18.2 Å². The summed E-state index contributed by atoms with van der Waals surface area (Å²) >= 11 is 5.96. The maximum absolute atomic E-state index is 5.96. The molecule has 1 aromatic rings. The minimum absolute atomic E-state index is 0.345. The van der Waals surface area contributed by atoms with Crippen molar-refractivity contribution < 1.29 is 0 Å². The fraction of sp³-hybridized carbons (Fsp3) is 0.538. The molecular formula is C13H21ClN2. The molecule has 0 spiro atoms. The van der Waals surface area contributed by atoms with Crippen LogP contribution in [-0.4, -0.2) is 6.54 Å². The molecule has 1 rings (SSSR count). The van der Waals surface area contributed by atoms with Gasteiger partial charge in [-0.1, -0.05) is 38.4 Å². The van der Waals surface area contributed by atoms with Crippen molar-refractivity contribution in [3.05, 3.63) is 28.8 Å². The zero-order valence-electron chi connectivity index (χ0n) is 10.3. The zero-order chi connectivity index (χ0) is 12.2. The zero-order valence-corrected chi connectivity index (χ0v) is 11.1. The summed E-state index contributed by atoms with van der Waals surface area (Å²) in [5, 5.41) is 4.07. The molecule has 3 N–H and O–H groups in total. The van der Waals surface area contributed by atoms with Crippen LogP contribution in [0.3, 0.4) is 0 Å². The van der Waals surface area contributed by atoms with E-state index in [2.05, 4.69) is 26.1 Å². The molecule has 3 heteroatoms. The van der Waals surface area contributed by atoms with E-state index < -0.39 is 0 Å². The van der Waals surface area contributed by atoms with Gasteiger partial charge in [0.25, 0.3) is 0 Å². The number of benzene rings is 1. The molecule has 0 radical (unpaired) electrons. The fourth-order valence-electron chi connectivity index (χ4n) is 1.35. The van der Waals surface area contributed by atoms with Gasteiger partial charge >= 0.3 is 0 Å². The summed E-state index contributed by atoms with van der Waals surface area (Å²) in [5.74, 6) is 0. The molecule has 0 saturated carbocycles. The molecule has 0 atom stereocenters. The number of hydrogen-bond acceptors (Lipinski definition) is 2. The number of halogens is 1. The van der Waals surface area contributed by atoms with Crippen molar-refractivity contribution in [2.45, 2.75) is 33.7 Å². The van der Waals surface area contributed by atoms with Crippen LogP contribution in [0, 0.1) is 5.41 Å². The quantitative estimate of drug-likeness (QED) is 0.774. The Morgan fingerprint density at radius 3 is 2.62 bits per heavy atom. The molecule has 90 valence electrons. The third-order valence-electron chi connectivity index (χ3n) is 2.95. The summed E-state index contributed by atoms with van der Waals surface area (Å²) in [6.45, 7) is 8.57. The average Bonchev–Trinajstić information content (AvgIpc) is 2.23. The molecule has 0 fully saturated rings. The van der Waals surface area contributed by atoms with Crippen molar-refractivity contribution >= 4 is 17.3 Å². The molecule has 0 aromatic heterocycles. The van der Waals surface area contributed by atoms with E-state index in [0.29, 0.717) is 16.1 Å². The second-order valence-corrected chi connectivity index (χ2v) is 5.38. The van der Waals surface area contributed by atoms with Gasteiger partial charge in [0.05, 0.1) is 10.7 Å². The Labute approximate surface area is 103 Å². The van der Waals surface area contributed by atoms with Crippen LogP contribution in [0.2, 0.25) is 5.02 Å². The standard InChI is InChI=1S/C13H21ClN2/c1-4-13(2,3)9-16-8-10-5-6-12(15)11(14)7-10/h5-7,16H,4,8-9,15H2,1-3H3. The molecule has 0 aliphatic rings. The van der Waals surface area contributed by atoms with Crippen LogP contribution in [-0.2, 0) is 6.54 Å². The van der Waals surface area contributed by atoms with Crippen molar-refractivity contribution in [1.29, 1.82) is 0 Å². The Balaban J connectivity index is 2.46. The van der Waals surface area contributed by atoms with E-state index in [1.54, 1.807) is 0 Å². The van der Waals surface area contributed by atoms with Gasteiger partial charge in [0.1, 0.15) is 0 Å². The highest BCUT2D eigenvalue weighted by Gasteiger charge is 2.13. The summed E-state index contributed by atoms with van der Waals surface area (Å²) in [6.07, 6.45) is 1.17. The molecule has 0 bridgehead atoms. The highest BCUT2D eigenvalue weighted by Crippen LogP contribution is 2.20. The first-order valence-corrected chi connectivity index (χ1v) is 6.07. The Morgan fingerprint density at radius 1 is 1.38 bits per heavy atom. The van der Waals surface area contributed by atoms with E-state index in [4.69, 9.17) is 17.3 Å². The fourth-order valence-corrected chi connectivity index (χ4v) is 1.55. The molecule has 2 nitrogen and oxygen atoms in total. The summed E-state index contributed by atoms with van der Waals surface area (Å²) in [7, 11) is 0. The molecule has 1 aromatic carbocycles. The number of anilines is 1. The SMILES string of the molecule is CCC(C)(C)CNCc1ccc(N)c(Cl)c1. The van der Waals surface area contributed by atoms with Gasteiger partial charge in [0.2, 0.25) is 0 Å². The second-order valence-electron chi connectivity index (χ2n) is 4.98. The van der Waals surface area contributed by atoms with E-state index in [1.165, 1.54) is 12.0 Å². The highest BCUT2D eigenvalue weighted by atomic mass is 35.5. The maximum Gasteiger partial charge on any atom is 0.0638 e. The Morgan fingerprint density at radius 2 is 2.06 bits per heavy atom. The van der Waals surface area contributed by atoms with Crippen molar-refractivity contribution in [1.82, 2.24) is 5.32 Å². The predicted octanol–water partition coefficient (Wildman–Crippen LogP) is 3.45. The Kier molecular flexibility index (Phi) is 4.63. The van der Waals surface area contributed by atoms with Crippen LogP contribution in [0.25, 0.3) is 0 Å². The van der Waals surface area contributed by atoms with Gasteiger partial charge in [-0.05, 0) is 29.5 Å². The summed E-state index contributed by atoms with van der Waals surface area (Å²) < 4.78 is 0. The molecule has 0 aliphatic carbocycles. The minimum Gasteiger partial charge on any atom is -0.398 e. The normalized spacial score (nSPS) is 11.8. The van der Waals surface area contributed by atoms with Crippen molar-refractivity contribution in [3.8, 4) is 0 Å². The molecule has 0 amide bonds. The first-order chi connectivity index (χ1) is 7.44. The lowest BCUT2D eigenvalue weighted by molar-refractivity contribution is 0.327. The molecular weight excluding hydrogens is 220 g/mol. The van der Waals surface area contributed by atoms with Gasteiger partial charge in [-0.3, -0.25) is 0 Å². The van der Waals surface area contributed by atoms with E-state index in [0.717, 1.165) is 13.1 Å². The van der Waals surface area contributed by atoms with Crippen LogP contribution < -0.4 is 11.1 Å². The number of nitrogens with two attached hydrogens (primary N) is 1. The second kappa shape index (κ2) is 5.55. The molecule has 0 aliphatic heterocycles. The van der Waals surface area contributed by atoms with Crippen molar-refractivity contribution in [3.63, 3.8) is 0 Å². The van der Waals surface area contributed by atoms with Gasteiger partial charge in [-0.2, -0.15) is 0 Å². The topological polar surface area (TPSA) is 38.0 Å². The smallest absolute Gasteiger partial charge is 0.0638 e. The summed E-state index contributed by atoms with van der Waals surface area (Å²) in [6, 6.07) is 5.78. The lowest BCUT2D eigenvalue weighted by atomic mass is 9.90. The first-order valence-electron chi connectivity index (χ1n) is 5.69. The lowest BCUT2D eigenvalue weighted by Gasteiger charge is -2.23. The number of nitrogen functional groups attached to an aromatic ring is 1.